The zero-order chi connectivity index (χ0) is 24.6. The standard InChI is InChI=1S/C34H69.Na/c1-3-5-7-9-11-13-15-17-19-21-23-25-27-29-31-33-34-32-30-28-26-24-22-20-18-16-14-12-10-8-6-4-2;/h1,3-34H2,2H3;/q-1;+1. The molecule has 0 aromatic heterocycles. The third-order valence-corrected chi connectivity index (χ3v) is 7.85. The Bertz CT molecular complexity index is 295. The molecular weight excluding hydrogens is 431 g/mol. The first-order chi connectivity index (χ1) is 16.9. The van der Waals surface area contributed by atoms with Gasteiger partial charge in [-0.25, -0.2) is 0 Å². The van der Waals surface area contributed by atoms with Crippen LogP contribution in [0.3, 0.4) is 0 Å². The Hall–Kier alpha value is 1.00. The zero-order valence-corrected chi connectivity index (χ0v) is 27.3. The van der Waals surface area contributed by atoms with Crippen LogP contribution in [0.4, 0.5) is 0 Å². The van der Waals surface area contributed by atoms with Gasteiger partial charge in [0.2, 0.25) is 0 Å². The Kier molecular flexibility index (Phi) is 40.5. The van der Waals surface area contributed by atoms with Crippen molar-refractivity contribution >= 4 is 0 Å². The minimum Gasteiger partial charge on any atom is -0.343 e. The summed E-state index contributed by atoms with van der Waals surface area (Å²) in [4.78, 5) is 0. The van der Waals surface area contributed by atoms with Gasteiger partial charge in [0.25, 0.3) is 0 Å². The Morgan fingerprint density at radius 1 is 0.257 bits per heavy atom. The molecule has 0 fully saturated rings. The zero-order valence-electron chi connectivity index (χ0n) is 25.3. The summed E-state index contributed by atoms with van der Waals surface area (Å²) in [5, 5.41) is 0. The molecule has 0 spiro atoms. The molecule has 0 aromatic rings. The summed E-state index contributed by atoms with van der Waals surface area (Å²) < 4.78 is 0. The summed E-state index contributed by atoms with van der Waals surface area (Å²) in [5.74, 6) is 0. The third kappa shape index (κ3) is 37.2. The van der Waals surface area contributed by atoms with Gasteiger partial charge < -0.3 is 6.92 Å². The van der Waals surface area contributed by atoms with Crippen LogP contribution in [0.2, 0.25) is 0 Å². The molecular formula is C34H69Na. The van der Waals surface area contributed by atoms with Gasteiger partial charge in [0.15, 0.2) is 0 Å². The smallest absolute Gasteiger partial charge is 0.343 e. The summed E-state index contributed by atoms with van der Waals surface area (Å²) in [5.41, 5.74) is 0. The first kappa shape index (κ1) is 38.1. The van der Waals surface area contributed by atoms with Crippen molar-refractivity contribution in [1.29, 1.82) is 0 Å². The summed E-state index contributed by atoms with van der Waals surface area (Å²) in [6.45, 7) is 6.23. The average Bonchev–Trinajstić information content (AvgIpc) is 2.85. The number of unbranched alkanes of at least 4 members (excludes halogenated alkanes) is 31. The second kappa shape index (κ2) is 37.2. The molecule has 0 aliphatic carbocycles. The monoisotopic (exact) mass is 501 g/mol. The minimum atomic E-state index is 0. The van der Waals surface area contributed by atoms with Crippen molar-refractivity contribution < 1.29 is 29.6 Å². The second-order valence-corrected chi connectivity index (χ2v) is 11.5. The van der Waals surface area contributed by atoms with Gasteiger partial charge in [-0.3, -0.25) is 0 Å². The Labute approximate surface area is 247 Å². The number of hydrogen-bond acceptors (Lipinski definition) is 0. The maximum atomic E-state index is 3.92. The molecule has 0 aliphatic heterocycles. The van der Waals surface area contributed by atoms with Crippen LogP contribution in [0, 0.1) is 6.92 Å². The van der Waals surface area contributed by atoms with Gasteiger partial charge in [-0.15, -0.1) is 0 Å². The second-order valence-electron chi connectivity index (χ2n) is 11.5. The average molecular weight is 501 g/mol. The molecule has 0 aromatic carbocycles. The fraction of sp³-hybridized carbons (Fsp3) is 0.971. The Balaban J connectivity index is 0. The van der Waals surface area contributed by atoms with E-state index in [9.17, 15) is 0 Å². The van der Waals surface area contributed by atoms with Gasteiger partial charge >= 0.3 is 29.6 Å². The van der Waals surface area contributed by atoms with Gasteiger partial charge in [0.1, 0.15) is 0 Å². The van der Waals surface area contributed by atoms with Crippen molar-refractivity contribution in [3.05, 3.63) is 6.92 Å². The van der Waals surface area contributed by atoms with Gasteiger partial charge in [0, 0.05) is 0 Å². The first-order valence-electron chi connectivity index (χ1n) is 16.7. The molecule has 0 atom stereocenters. The van der Waals surface area contributed by atoms with E-state index in [0.717, 1.165) is 6.42 Å². The molecule has 0 saturated heterocycles. The van der Waals surface area contributed by atoms with Gasteiger partial charge in [-0.05, 0) is 0 Å². The van der Waals surface area contributed by atoms with E-state index >= 15 is 0 Å². The van der Waals surface area contributed by atoms with E-state index in [0.29, 0.717) is 0 Å². The maximum absolute atomic E-state index is 3.92. The predicted octanol–water partition coefficient (Wildman–Crippen LogP) is 10.3. The molecule has 0 nitrogen and oxygen atoms in total. The minimum absolute atomic E-state index is 0. The van der Waals surface area contributed by atoms with E-state index in [1.165, 1.54) is 199 Å². The van der Waals surface area contributed by atoms with Crippen LogP contribution in [-0.4, -0.2) is 0 Å². The van der Waals surface area contributed by atoms with Crippen molar-refractivity contribution in [2.24, 2.45) is 0 Å². The van der Waals surface area contributed by atoms with Crippen molar-refractivity contribution in [3.8, 4) is 0 Å². The van der Waals surface area contributed by atoms with Gasteiger partial charge in [-0.1, -0.05) is 206 Å². The van der Waals surface area contributed by atoms with Crippen LogP contribution >= 0.6 is 0 Å². The number of hydrogen-bond donors (Lipinski definition) is 0. The van der Waals surface area contributed by atoms with E-state index in [1.54, 1.807) is 0 Å². The van der Waals surface area contributed by atoms with E-state index in [1.807, 2.05) is 0 Å². The summed E-state index contributed by atoms with van der Waals surface area (Å²) in [6, 6.07) is 0. The van der Waals surface area contributed by atoms with Crippen LogP contribution < -0.4 is 29.6 Å². The van der Waals surface area contributed by atoms with E-state index < -0.39 is 0 Å². The molecule has 0 unspecified atom stereocenters. The van der Waals surface area contributed by atoms with Crippen molar-refractivity contribution in [1.82, 2.24) is 0 Å². The molecule has 0 rings (SSSR count). The largest absolute Gasteiger partial charge is 1.00 e. The van der Waals surface area contributed by atoms with Crippen LogP contribution in [0.5, 0.6) is 0 Å². The van der Waals surface area contributed by atoms with Crippen molar-refractivity contribution in [2.75, 3.05) is 0 Å². The topological polar surface area (TPSA) is 0 Å². The fourth-order valence-electron chi connectivity index (χ4n) is 5.38. The molecule has 0 bridgehead atoms. The van der Waals surface area contributed by atoms with Gasteiger partial charge in [-0.2, -0.15) is 6.42 Å². The van der Waals surface area contributed by atoms with Crippen LogP contribution in [-0.2, 0) is 0 Å². The molecule has 0 amide bonds. The quantitative estimate of drug-likeness (QED) is 0.0504. The fourth-order valence-corrected chi connectivity index (χ4v) is 5.38. The Morgan fingerprint density at radius 3 is 0.543 bits per heavy atom. The molecule has 206 valence electrons. The number of rotatable bonds is 31. The molecule has 0 heterocycles. The Morgan fingerprint density at radius 2 is 0.400 bits per heavy atom. The molecule has 0 radical (unpaired) electrons. The third-order valence-electron chi connectivity index (χ3n) is 7.85. The van der Waals surface area contributed by atoms with Gasteiger partial charge in [0.05, 0.1) is 0 Å². The van der Waals surface area contributed by atoms with E-state index in [4.69, 9.17) is 0 Å². The summed E-state index contributed by atoms with van der Waals surface area (Å²) in [7, 11) is 0. The summed E-state index contributed by atoms with van der Waals surface area (Å²) in [6.07, 6.45) is 46.8. The molecule has 1 heteroatoms. The predicted molar refractivity (Wildman–Crippen MR) is 159 cm³/mol. The molecule has 0 aliphatic rings. The molecule has 0 N–H and O–H groups in total. The maximum Gasteiger partial charge on any atom is 1.00 e. The molecule has 35 heavy (non-hydrogen) atoms. The van der Waals surface area contributed by atoms with Crippen molar-refractivity contribution in [3.63, 3.8) is 0 Å². The molecule has 0 saturated carbocycles. The SMILES string of the molecule is [CH2-]CCCCCCCCCCCCCCCCCCCCCCCCCCCCCCCCC.[Na+]. The van der Waals surface area contributed by atoms with Crippen LogP contribution in [0.25, 0.3) is 0 Å². The normalized spacial score (nSPS) is 11.1. The first-order valence-corrected chi connectivity index (χ1v) is 16.7. The van der Waals surface area contributed by atoms with Crippen molar-refractivity contribution in [2.45, 2.75) is 212 Å². The van der Waals surface area contributed by atoms with Crippen LogP contribution in [0.15, 0.2) is 0 Å². The van der Waals surface area contributed by atoms with Crippen LogP contribution in [0.1, 0.15) is 212 Å². The summed E-state index contributed by atoms with van der Waals surface area (Å²) >= 11 is 0. The van der Waals surface area contributed by atoms with E-state index in [-0.39, 0.29) is 29.6 Å². The van der Waals surface area contributed by atoms with E-state index in [2.05, 4.69) is 13.8 Å².